The third-order valence-electron chi connectivity index (χ3n) is 4.68. The molecule has 0 radical (unpaired) electrons. The van der Waals surface area contributed by atoms with Crippen LogP contribution in [0.1, 0.15) is 86.0 Å². The van der Waals surface area contributed by atoms with Crippen molar-refractivity contribution in [1.29, 1.82) is 0 Å². The molecule has 0 N–H and O–H groups in total. The van der Waals surface area contributed by atoms with Gasteiger partial charge in [0, 0.05) is 26.2 Å². The lowest BCUT2D eigenvalue weighted by atomic mass is 10.1. The minimum atomic E-state index is -0.399. The lowest BCUT2D eigenvalue weighted by Gasteiger charge is -2.19. The van der Waals surface area contributed by atoms with Crippen LogP contribution in [0.15, 0.2) is 23.8 Å². The van der Waals surface area contributed by atoms with Gasteiger partial charge in [0.2, 0.25) is 0 Å². The first kappa shape index (κ1) is 31.8. The average Bonchev–Trinajstić information content (AvgIpc) is 2.75. The van der Waals surface area contributed by atoms with E-state index in [4.69, 9.17) is 23.7 Å². The number of carbonyl (C=O) groups is 1. The van der Waals surface area contributed by atoms with Gasteiger partial charge in [-0.1, -0.05) is 37.5 Å². The zero-order chi connectivity index (χ0) is 24.6. The summed E-state index contributed by atoms with van der Waals surface area (Å²) in [5.41, 5.74) is 0.830. The quantitative estimate of drug-likeness (QED) is 0.109. The van der Waals surface area contributed by atoms with E-state index in [1.165, 1.54) is 18.4 Å². The van der Waals surface area contributed by atoms with Gasteiger partial charge in [-0.05, 0) is 65.9 Å². The molecule has 0 spiro atoms. The Morgan fingerprint density at radius 3 is 1.64 bits per heavy atom. The fourth-order valence-electron chi connectivity index (χ4n) is 2.98. The molecule has 6 heteroatoms. The van der Waals surface area contributed by atoms with E-state index in [0.29, 0.717) is 46.1 Å². The maximum Gasteiger partial charge on any atom is 0.306 e. The summed E-state index contributed by atoms with van der Waals surface area (Å²) in [5.74, 6) is -0.122. The largest absolute Gasteiger partial charge is 0.460 e. The molecule has 0 heterocycles. The summed E-state index contributed by atoms with van der Waals surface area (Å²) >= 11 is 0. The maximum atomic E-state index is 11.6. The van der Waals surface area contributed by atoms with Crippen LogP contribution in [0.3, 0.4) is 0 Å². The second kappa shape index (κ2) is 22.6. The summed E-state index contributed by atoms with van der Waals surface area (Å²) in [7, 11) is 0. The number of unbranched alkanes of at least 4 members (excludes halogenated alkanes) is 5. The minimum Gasteiger partial charge on any atom is -0.460 e. The number of ether oxygens (including phenoxy) is 5. The maximum absolute atomic E-state index is 11.6. The summed E-state index contributed by atoms with van der Waals surface area (Å²) in [6.07, 6.45) is 14.0. The smallest absolute Gasteiger partial charge is 0.306 e. The van der Waals surface area contributed by atoms with Gasteiger partial charge in [0.05, 0.1) is 33.0 Å². The molecule has 0 saturated carbocycles. The molecule has 0 aromatic rings. The first-order valence-electron chi connectivity index (χ1n) is 12.7. The Hall–Kier alpha value is -1.21. The highest BCUT2D eigenvalue weighted by molar-refractivity contribution is 5.69. The molecule has 0 aliphatic carbocycles. The Morgan fingerprint density at radius 1 is 0.667 bits per heavy atom. The molecule has 0 aromatic heterocycles. The summed E-state index contributed by atoms with van der Waals surface area (Å²) in [6, 6.07) is 0. The van der Waals surface area contributed by atoms with Crippen LogP contribution < -0.4 is 0 Å². The van der Waals surface area contributed by atoms with Crippen molar-refractivity contribution >= 4 is 5.97 Å². The van der Waals surface area contributed by atoms with Gasteiger partial charge in [-0.15, -0.1) is 0 Å². The van der Waals surface area contributed by atoms with E-state index in [9.17, 15) is 4.79 Å². The van der Waals surface area contributed by atoms with Crippen LogP contribution >= 0.6 is 0 Å². The molecule has 0 atom stereocenters. The molecule has 0 fully saturated rings. The zero-order valence-corrected chi connectivity index (χ0v) is 22.0. The Kier molecular flexibility index (Phi) is 21.7. The minimum absolute atomic E-state index is 0.122. The van der Waals surface area contributed by atoms with Crippen LogP contribution in [0.2, 0.25) is 0 Å². The van der Waals surface area contributed by atoms with Crippen molar-refractivity contribution in [3.05, 3.63) is 23.8 Å². The highest BCUT2D eigenvalue weighted by atomic mass is 16.6. The fourth-order valence-corrected chi connectivity index (χ4v) is 2.98. The van der Waals surface area contributed by atoms with Gasteiger partial charge >= 0.3 is 5.97 Å². The van der Waals surface area contributed by atoms with Crippen LogP contribution in [0.5, 0.6) is 0 Å². The summed E-state index contributed by atoms with van der Waals surface area (Å²) in [5, 5.41) is 0. The Bertz CT molecular complexity index is 507. The van der Waals surface area contributed by atoms with Crippen molar-refractivity contribution in [2.75, 3.05) is 52.9 Å². The van der Waals surface area contributed by atoms with Crippen molar-refractivity contribution in [3.63, 3.8) is 0 Å². The first-order chi connectivity index (χ1) is 15.9. The molecule has 194 valence electrons. The van der Waals surface area contributed by atoms with Crippen molar-refractivity contribution < 1.29 is 28.5 Å². The van der Waals surface area contributed by atoms with E-state index >= 15 is 0 Å². The monoisotopic (exact) mass is 470 g/mol. The molecule has 0 aromatic carbocycles. The van der Waals surface area contributed by atoms with Gasteiger partial charge < -0.3 is 23.7 Å². The standard InChI is InChI=1S/C27H50O6/c1-6-15-25(7-2)24-32-19-13-9-8-12-17-29-20-22-31-23-21-30-18-14-10-11-16-26(28)33-27(3,4)5/h6-7,15H,8-14,16-24H2,1-5H3/b15-6-,25-7+. The van der Waals surface area contributed by atoms with Crippen LogP contribution in [-0.4, -0.2) is 64.4 Å². The molecule has 0 aliphatic heterocycles. The van der Waals surface area contributed by atoms with Crippen molar-refractivity contribution in [2.24, 2.45) is 0 Å². The molecule has 0 unspecified atom stereocenters. The first-order valence-corrected chi connectivity index (χ1v) is 12.7. The van der Waals surface area contributed by atoms with E-state index in [0.717, 1.165) is 45.3 Å². The Morgan fingerprint density at radius 2 is 1.15 bits per heavy atom. The van der Waals surface area contributed by atoms with Gasteiger partial charge in [0.1, 0.15) is 5.60 Å². The van der Waals surface area contributed by atoms with E-state index in [1.54, 1.807) is 0 Å². The van der Waals surface area contributed by atoms with Crippen LogP contribution in [0, 0.1) is 0 Å². The van der Waals surface area contributed by atoms with Gasteiger partial charge in [0.15, 0.2) is 0 Å². The molecular weight excluding hydrogens is 420 g/mol. The molecule has 0 aliphatic rings. The molecular formula is C27H50O6. The highest BCUT2D eigenvalue weighted by Crippen LogP contribution is 2.10. The lowest BCUT2D eigenvalue weighted by molar-refractivity contribution is -0.154. The van der Waals surface area contributed by atoms with Crippen molar-refractivity contribution in [1.82, 2.24) is 0 Å². The third-order valence-corrected chi connectivity index (χ3v) is 4.68. The number of allylic oxidation sites excluding steroid dienone is 2. The number of rotatable bonds is 22. The fraction of sp³-hybridized carbons (Fsp3) is 0.815. The lowest BCUT2D eigenvalue weighted by Crippen LogP contribution is -2.23. The molecule has 0 amide bonds. The molecule has 33 heavy (non-hydrogen) atoms. The Balaban J connectivity index is 3.21. The second-order valence-corrected chi connectivity index (χ2v) is 9.06. The molecule has 6 nitrogen and oxygen atoms in total. The van der Waals surface area contributed by atoms with Crippen molar-refractivity contribution in [2.45, 2.75) is 91.6 Å². The number of carbonyl (C=O) groups excluding carboxylic acids is 1. The van der Waals surface area contributed by atoms with Crippen molar-refractivity contribution in [3.8, 4) is 0 Å². The van der Waals surface area contributed by atoms with Gasteiger partial charge in [-0.25, -0.2) is 0 Å². The topological polar surface area (TPSA) is 63.2 Å². The number of esters is 1. The van der Waals surface area contributed by atoms with E-state index in [2.05, 4.69) is 12.2 Å². The Labute approximate surface area is 203 Å². The normalized spacial score (nSPS) is 12.6. The predicted molar refractivity (Wildman–Crippen MR) is 135 cm³/mol. The van der Waals surface area contributed by atoms with Crippen LogP contribution in [-0.2, 0) is 28.5 Å². The summed E-state index contributed by atoms with van der Waals surface area (Å²) < 4.78 is 27.7. The number of hydrogen-bond acceptors (Lipinski definition) is 6. The van der Waals surface area contributed by atoms with Gasteiger partial charge in [-0.3, -0.25) is 4.79 Å². The summed E-state index contributed by atoms with van der Waals surface area (Å²) in [4.78, 5) is 11.6. The molecule has 0 rings (SSSR count). The van der Waals surface area contributed by atoms with Gasteiger partial charge in [0.25, 0.3) is 0 Å². The second-order valence-electron chi connectivity index (χ2n) is 9.06. The van der Waals surface area contributed by atoms with Crippen LogP contribution in [0.4, 0.5) is 0 Å². The summed E-state index contributed by atoms with van der Waals surface area (Å²) in [6.45, 7) is 15.1. The van der Waals surface area contributed by atoms with E-state index < -0.39 is 5.60 Å². The number of hydrogen-bond donors (Lipinski definition) is 0. The third kappa shape index (κ3) is 25.3. The zero-order valence-electron chi connectivity index (χ0n) is 22.0. The molecule has 0 bridgehead atoms. The average molecular weight is 471 g/mol. The predicted octanol–water partition coefficient (Wildman–Crippen LogP) is 6.04. The van der Waals surface area contributed by atoms with E-state index in [1.807, 2.05) is 40.7 Å². The SMILES string of the molecule is C/C=C\C(=C/C)COCCCCCCOCCOCCOCCCCCC(=O)OC(C)(C)C. The van der Waals surface area contributed by atoms with Crippen LogP contribution in [0.25, 0.3) is 0 Å². The highest BCUT2D eigenvalue weighted by Gasteiger charge is 2.15. The van der Waals surface area contributed by atoms with E-state index in [-0.39, 0.29) is 5.97 Å². The van der Waals surface area contributed by atoms with Gasteiger partial charge in [-0.2, -0.15) is 0 Å². The molecule has 0 saturated heterocycles.